The Morgan fingerprint density at radius 1 is 1.28 bits per heavy atom. The second-order valence-electron chi connectivity index (χ2n) is 3.51. The molecule has 8 nitrogen and oxygen atoms in total. The predicted molar refractivity (Wildman–Crippen MR) is 62.5 cm³/mol. The molecule has 0 saturated heterocycles. The molecule has 0 aliphatic heterocycles. The lowest BCUT2D eigenvalue weighted by atomic mass is 10.0. The highest BCUT2D eigenvalue weighted by Gasteiger charge is 2.24. The highest BCUT2D eigenvalue weighted by atomic mass is 16.6. The first kappa shape index (κ1) is 13.6. The molecule has 1 amide bonds. The second kappa shape index (κ2) is 5.21. The summed E-state index contributed by atoms with van der Waals surface area (Å²) in [6.45, 7) is 3.39. The molecule has 1 aromatic rings. The topological polar surface area (TPSA) is 115 Å². The molecular weight excluding hydrogens is 242 g/mol. The number of non-ortho nitro benzene ring substituents is 1. The number of nitrogens with zero attached hydrogens (tertiary/aromatic N) is 2. The van der Waals surface area contributed by atoms with Gasteiger partial charge in [-0.05, 0) is 13.8 Å². The van der Waals surface area contributed by atoms with Gasteiger partial charge >= 0.3 is 0 Å². The number of nitro groups is 2. The maximum atomic E-state index is 11.7. The quantitative estimate of drug-likeness (QED) is 0.645. The molecular formula is C10H11N3O5. The molecule has 1 rings (SSSR count). The van der Waals surface area contributed by atoms with Crippen LogP contribution in [0, 0.1) is 27.2 Å². The van der Waals surface area contributed by atoms with Gasteiger partial charge in [0.1, 0.15) is 0 Å². The van der Waals surface area contributed by atoms with Gasteiger partial charge < -0.3 is 5.32 Å². The Kier molecular flexibility index (Phi) is 3.93. The fraction of sp³-hybridized carbons (Fsp3) is 0.300. The minimum absolute atomic E-state index is 0.0576. The minimum atomic E-state index is -0.769. The van der Waals surface area contributed by atoms with E-state index >= 15 is 0 Å². The Hall–Kier alpha value is -2.51. The van der Waals surface area contributed by atoms with Crippen molar-refractivity contribution in [3.05, 3.63) is 43.5 Å². The highest BCUT2D eigenvalue weighted by Crippen LogP contribution is 2.27. The fourth-order valence-electron chi connectivity index (χ4n) is 1.47. The number of hydrogen-bond acceptors (Lipinski definition) is 5. The van der Waals surface area contributed by atoms with Crippen LogP contribution in [-0.4, -0.2) is 22.3 Å². The highest BCUT2D eigenvalue weighted by molar-refractivity contribution is 5.97. The molecule has 0 aliphatic rings. The molecule has 0 unspecified atom stereocenters. The molecule has 18 heavy (non-hydrogen) atoms. The van der Waals surface area contributed by atoms with Crippen molar-refractivity contribution in [1.29, 1.82) is 0 Å². The number of nitro benzene ring substituents is 2. The molecule has 0 heterocycles. The average Bonchev–Trinajstić information content (AvgIpc) is 2.28. The molecule has 1 aromatic carbocycles. The van der Waals surface area contributed by atoms with Crippen LogP contribution in [0.3, 0.4) is 0 Å². The lowest BCUT2D eigenvalue weighted by Crippen LogP contribution is -2.24. The largest absolute Gasteiger partial charge is 0.352 e. The van der Waals surface area contributed by atoms with E-state index in [9.17, 15) is 25.0 Å². The summed E-state index contributed by atoms with van der Waals surface area (Å²) in [6.07, 6.45) is 0. The Labute approximate surface area is 102 Å². The molecule has 0 fully saturated rings. The summed E-state index contributed by atoms with van der Waals surface area (Å²) in [5.74, 6) is -0.568. The molecule has 8 heteroatoms. The average molecular weight is 253 g/mol. The van der Waals surface area contributed by atoms with E-state index in [0.29, 0.717) is 6.54 Å². The van der Waals surface area contributed by atoms with Crippen LogP contribution in [0.25, 0.3) is 0 Å². The Balaban J connectivity index is 3.45. The van der Waals surface area contributed by atoms with E-state index in [0.717, 1.165) is 12.1 Å². The maximum absolute atomic E-state index is 11.7. The molecule has 0 radical (unpaired) electrons. The first-order valence-electron chi connectivity index (χ1n) is 5.10. The Morgan fingerprint density at radius 3 is 2.33 bits per heavy atom. The van der Waals surface area contributed by atoms with Gasteiger partial charge in [0.25, 0.3) is 17.3 Å². The number of carbonyl (C=O) groups is 1. The van der Waals surface area contributed by atoms with E-state index in [1.807, 2.05) is 0 Å². The van der Waals surface area contributed by atoms with Crippen molar-refractivity contribution >= 4 is 17.3 Å². The van der Waals surface area contributed by atoms with Crippen LogP contribution in [0.2, 0.25) is 0 Å². The summed E-state index contributed by atoms with van der Waals surface area (Å²) in [7, 11) is 0. The molecule has 0 bridgehead atoms. The predicted octanol–water partition coefficient (Wildman–Crippen LogP) is 1.56. The lowest BCUT2D eigenvalue weighted by Gasteiger charge is -2.06. The SMILES string of the molecule is CCNC(=O)c1cc([N+](=O)[O-])cc([N+](=O)[O-])c1C. The van der Waals surface area contributed by atoms with Gasteiger partial charge in [-0.25, -0.2) is 0 Å². The smallest absolute Gasteiger partial charge is 0.279 e. The maximum Gasteiger partial charge on any atom is 0.279 e. The minimum Gasteiger partial charge on any atom is -0.352 e. The van der Waals surface area contributed by atoms with Crippen molar-refractivity contribution in [2.45, 2.75) is 13.8 Å². The first-order chi connectivity index (χ1) is 8.38. The van der Waals surface area contributed by atoms with Crippen molar-refractivity contribution in [3.8, 4) is 0 Å². The Bertz CT molecular complexity index is 526. The lowest BCUT2D eigenvalue weighted by molar-refractivity contribution is -0.394. The van der Waals surface area contributed by atoms with Gasteiger partial charge in [0.15, 0.2) is 0 Å². The molecule has 0 aromatic heterocycles. The van der Waals surface area contributed by atoms with Crippen LogP contribution < -0.4 is 5.32 Å². The van der Waals surface area contributed by atoms with Crippen LogP contribution >= 0.6 is 0 Å². The van der Waals surface area contributed by atoms with Crippen molar-refractivity contribution in [2.24, 2.45) is 0 Å². The van der Waals surface area contributed by atoms with Gasteiger partial charge in [-0.3, -0.25) is 25.0 Å². The summed E-state index contributed by atoms with van der Waals surface area (Å²) < 4.78 is 0. The Morgan fingerprint density at radius 2 is 1.89 bits per heavy atom. The third kappa shape index (κ3) is 2.59. The molecule has 0 spiro atoms. The van der Waals surface area contributed by atoms with Crippen molar-refractivity contribution in [3.63, 3.8) is 0 Å². The van der Waals surface area contributed by atoms with Gasteiger partial charge in [-0.1, -0.05) is 0 Å². The zero-order valence-electron chi connectivity index (χ0n) is 9.80. The van der Waals surface area contributed by atoms with Gasteiger partial charge in [0, 0.05) is 18.2 Å². The normalized spacial score (nSPS) is 9.89. The van der Waals surface area contributed by atoms with Gasteiger partial charge in [0.05, 0.1) is 21.5 Å². The van der Waals surface area contributed by atoms with Crippen LogP contribution in [0.5, 0.6) is 0 Å². The van der Waals surface area contributed by atoms with E-state index < -0.39 is 27.1 Å². The second-order valence-corrected chi connectivity index (χ2v) is 3.51. The standard InChI is InChI=1S/C10H11N3O5/c1-3-11-10(14)8-4-7(12(15)16)5-9(6(8)2)13(17)18/h4-5H,3H2,1-2H3,(H,11,14). The van der Waals surface area contributed by atoms with Crippen molar-refractivity contribution in [1.82, 2.24) is 5.32 Å². The number of benzene rings is 1. The van der Waals surface area contributed by atoms with Crippen molar-refractivity contribution in [2.75, 3.05) is 6.54 Å². The monoisotopic (exact) mass is 253 g/mol. The molecule has 96 valence electrons. The van der Waals surface area contributed by atoms with Crippen molar-refractivity contribution < 1.29 is 14.6 Å². The van der Waals surface area contributed by atoms with Crippen LogP contribution in [0.15, 0.2) is 12.1 Å². The summed E-state index contributed by atoms with van der Waals surface area (Å²) in [5.41, 5.74) is -0.867. The number of amides is 1. The molecule has 1 N–H and O–H groups in total. The first-order valence-corrected chi connectivity index (χ1v) is 5.10. The van der Waals surface area contributed by atoms with Crippen LogP contribution in [0.1, 0.15) is 22.8 Å². The van der Waals surface area contributed by atoms with E-state index in [1.165, 1.54) is 6.92 Å². The van der Waals surface area contributed by atoms with E-state index in [-0.39, 0.29) is 11.1 Å². The number of hydrogen-bond donors (Lipinski definition) is 1. The van der Waals surface area contributed by atoms with Crippen LogP contribution in [0.4, 0.5) is 11.4 Å². The third-order valence-corrected chi connectivity index (χ3v) is 2.35. The van der Waals surface area contributed by atoms with Crippen LogP contribution in [-0.2, 0) is 0 Å². The number of carbonyl (C=O) groups excluding carboxylic acids is 1. The summed E-state index contributed by atoms with van der Waals surface area (Å²) in [6, 6.07) is 1.88. The molecule has 0 atom stereocenters. The summed E-state index contributed by atoms with van der Waals surface area (Å²) >= 11 is 0. The van der Waals surface area contributed by atoms with E-state index in [4.69, 9.17) is 0 Å². The molecule has 0 saturated carbocycles. The zero-order chi connectivity index (χ0) is 13.9. The van der Waals surface area contributed by atoms with Gasteiger partial charge in [0.2, 0.25) is 0 Å². The van der Waals surface area contributed by atoms with Gasteiger partial charge in [-0.15, -0.1) is 0 Å². The summed E-state index contributed by atoms with van der Waals surface area (Å²) in [5, 5.41) is 23.9. The number of rotatable bonds is 4. The summed E-state index contributed by atoms with van der Waals surface area (Å²) in [4.78, 5) is 31.6. The van der Waals surface area contributed by atoms with E-state index in [1.54, 1.807) is 6.92 Å². The fourth-order valence-corrected chi connectivity index (χ4v) is 1.47. The zero-order valence-corrected chi connectivity index (χ0v) is 9.80. The van der Waals surface area contributed by atoms with E-state index in [2.05, 4.69) is 5.32 Å². The third-order valence-electron chi connectivity index (χ3n) is 2.35. The number of nitrogens with one attached hydrogen (secondary N) is 1. The molecule has 0 aliphatic carbocycles. The van der Waals surface area contributed by atoms with Gasteiger partial charge in [-0.2, -0.15) is 0 Å².